The molecule has 3 aromatic rings. The molecule has 6 heteroatoms. The molecule has 0 unspecified atom stereocenters. The third-order valence-electron chi connectivity index (χ3n) is 3.22. The van der Waals surface area contributed by atoms with Crippen LogP contribution in [0.25, 0.3) is 10.6 Å². The lowest BCUT2D eigenvalue weighted by Gasteiger charge is -1.99. The second-order valence-electron chi connectivity index (χ2n) is 4.83. The van der Waals surface area contributed by atoms with Crippen molar-refractivity contribution in [2.45, 2.75) is 20.4 Å². The summed E-state index contributed by atoms with van der Waals surface area (Å²) in [5.74, 6) is 1.11. The fourth-order valence-corrected chi connectivity index (χ4v) is 2.79. The van der Waals surface area contributed by atoms with Crippen LogP contribution in [0.3, 0.4) is 0 Å². The molecule has 1 N–H and O–H groups in total. The highest BCUT2D eigenvalue weighted by Crippen LogP contribution is 2.24. The molecule has 0 aliphatic carbocycles. The summed E-state index contributed by atoms with van der Waals surface area (Å²) in [5, 5.41) is 3.62. The van der Waals surface area contributed by atoms with Gasteiger partial charge in [0.2, 0.25) is 5.89 Å². The summed E-state index contributed by atoms with van der Waals surface area (Å²) < 4.78 is 5.44. The zero-order valence-corrected chi connectivity index (χ0v) is 13.1. The van der Waals surface area contributed by atoms with E-state index in [0.29, 0.717) is 10.8 Å². The summed E-state index contributed by atoms with van der Waals surface area (Å²) in [7, 11) is 0. The normalized spacial score (nSPS) is 10.6. The molecule has 0 spiro atoms. The maximum absolute atomic E-state index is 12.1. The van der Waals surface area contributed by atoms with E-state index in [9.17, 15) is 4.79 Å². The molecule has 2 aromatic heterocycles. The van der Waals surface area contributed by atoms with Crippen molar-refractivity contribution in [3.8, 4) is 10.6 Å². The second-order valence-corrected chi connectivity index (χ2v) is 5.86. The lowest BCUT2D eigenvalue weighted by molar-refractivity contribution is 0.0951. The number of hydrogen-bond donors (Lipinski definition) is 1. The highest BCUT2D eigenvalue weighted by molar-refractivity contribution is 7.16. The van der Waals surface area contributed by atoms with E-state index in [4.69, 9.17) is 4.42 Å². The summed E-state index contributed by atoms with van der Waals surface area (Å²) in [5.41, 5.74) is 1.85. The number of hydrogen-bond acceptors (Lipinski definition) is 5. The lowest BCUT2D eigenvalue weighted by Crippen LogP contribution is -2.21. The van der Waals surface area contributed by atoms with Gasteiger partial charge in [-0.25, -0.2) is 9.97 Å². The van der Waals surface area contributed by atoms with E-state index in [1.807, 2.05) is 44.2 Å². The van der Waals surface area contributed by atoms with Crippen LogP contribution in [0.1, 0.15) is 27.0 Å². The predicted molar refractivity (Wildman–Crippen MR) is 84.7 cm³/mol. The fraction of sp³-hybridized carbons (Fsp3) is 0.188. The Bertz CT molecular complexity index is 773. The van der Waals surface area contributed by atoms with Gasteiger partial charge in [0, 0.05) is 5.56 Å². The van der Waals surface area contributed by atoms with Crippen molar-refractivity contribution in [3.63, 3.8) is 0 Å². The van der Waals surface area contributed by atoms with Gasteiger partial charge < -0.3 is 9.73 Å². The maximum Gasteiger partial charge on any atom is 0.263 e. The summed E-state index contributed by atoms with van der Waals surface area (Å²) in [4.78, 5) is 21.2. The van der Waals surface area contributed by atoms with Gasteiger partial charge in [-0.05, 0) is 13.8 Å². The first-order valence-electron chi connectivity index (χ1n) is 6.86. The number of aryl methyl sites for hydroxylation is 2. The van der Waals surface area contributed by atoms with Crippen LogP contribution >= 0.6 is 11.3 Å². The summed E-state index contributed by atoms with van der Waals surface area (Å²) in [6, 6.07) is 9.79. The number of carbonyl (C=O) groups excluding carboxylic acids is 1. The van der Waals surface area contributed by atoms with Gasteiger partial charge in [0.25, 0.3) is 5.91 Å². The second kappa shape index (κ2) is 6.11. The Morgan fingerprint density at radius 2 is 2.05 bits per heavy atom. The van der Waals surface area contributed by atoms with E-state index >= 15 is 0 Å². The fourth-order valence-electron chi connectivity index (χ4n) is 1.95. The van der Waals surface area contributed by atoms with Gasteiger partial charge in [-0.2, -0.15) is 0 Å². The number of oxazole rings is 1. The van der Waals surface area contributed by atoms with Crippen LogP contribution in [-0.4, -0.2) is 15.9 Å². The van der Waals surface area contributed by atoms with Crippen molar-refractivity contribution in [3.05, 3.63) is 58.8 Å². The van der Waals surface area contributed by atoms with Crippen molar-refractivity contribution in [1.82, 2.24) is 15.3 Å². The summed E-state index contributed by atoms with van der Waals surface area (Å²) in [6.07, 6.45) is 1.59. The van der Waals surface area contributed by atoms with E-state index < -0.39 is 0 Å². The minimum Gasteiger partial charge on any atom is -0.444 e. The van der Waals surface area contributed by atoms with E-state index in [-0.39, 0.29) is 12.5 Å². The number of amides is 1. The van der Waals surface area contributed by atoms with Crippen LogP contribution in [0.5, 0.6) is 0 Å². The van der Waals surface area contributed by atoms with Crippen molar-refractivity contribution >= 4 is 17.2 Å². The van der Waals surface area contributed by atoms with E-state index in [0.717, 1.165) is 22.0 Å². The molecule has 0 aliphatic rings. The van der Waals surface area contributed by atoms with Crippen LogP contribution in [0.15, 0.2) is 40.9 Å². The molecular formula is C16H15N3O2S. The number of nitrogens with zero attached hydrogens (tertiary/aromatic N) is 2. The Balaban J connectivity index is 1.67. The molecule has 0 fully saturated rings. The summed E-state index contributed by atoms with van der Waals surface area (Å²) >= 11 is 1.36. The highest BCUT2D eigenvalue weighted by Gasteiger charge is 2.13. The van der Waals surface area contributed by atoms with Crippen LogP contribution < -0.4 is 5.32 Å². The predicted octanol–water partition coefficient (Wildman–Crippen LogP) is 3.34. The molecule has 2 heterocycles. The minimum atomic E-state index is -0.173. The third-order valence-corrected chi connectivity index (χ3v) is 4.27. The van der Waals surface area contributed by atoms with E-state index in [2.05, 4.69) is 15.3 Å². The molecule has 0 atom stereocenters. The third kappa shape index (κ3) is 3.07. The van der Waals surface area contributed by atoms with Crippen molar-refractivity contribution in [1.29, 1.82) is 0 Å². The largest absolute Gasteiger partial charge is 0.444 e. The van der Waals surface area contributed by atoms with Crippen molar-refractivity contribution in [2.24, 2.45) is 0 Å². The molecule has 0 saturated heterocycles. The molecule has 22 heavy (non-hydrogen) atoms. The van der Waals surface area contributed by atoms with Crippen molar-refractivity contribution in [2.75, 3.05) is 0 Å². The zero-order chi connectivity index (χ0) is 15.5. The van der Waals surface area contributed by atoms with E-state index in [1.54, 1.807) is 6.20 Å². The molecular weight excluding hydrogens is 298 g/mol. The first kappa shape index (κ1) is 14.5. The standard InChI is InChI=1S/C16H15N3O2S/c1-10-11(2)21-14(19-10)9-17-15(20)13-8-18-16(22-13)12-6-4-3-5-7-12/h3-8H,9H2,1-2H3,(H,17,20). The number of thiazole rings is 1. The molecule has 1 aromatic carbocycles. The lowest BCUT2D eigenvalue weighted by atomic mass is 10.2. The van der Waals surface area contributed by atoms with Crippen LogP contribution in [0, 0.1) is 13.8 Å². The Labute approximate surface area is 132 Å². The van der Waals surface area contributed by atoms with Crippen LogP contribution in [-0.2, 0) is 6.54 Å². The van der Waals surface area contributed by atoms with Crippen LogP contribution in [0.2, 0.25) is 0 Å². The van der Waals surface area contributed by atoms with E-state index in [1.165, 1.54) is 11.3 Å². The number of aromatic nitrogens is 2. The molecule has 3 rings (SSSR count). The first-order valence-corrected chi connectivity index (χ1v) is 7.67. The monoisotopic (exact) mass is 313 g/mol. The SMILES string of the molecule is Cc1nc(CNC(=O)c2cnc(-c3ccccc3)s2)oc1C. The van der Waals surface area contributed by atoms with Gasteiger partial charge in [0.1, 0.15) is 15.6 Å². The molecule has 5 nitrogen and oxygen atoms in total. The topological polar surface area (TPSA) is 68.0 Å². The number of benzene rings is 1. The quantitative estimate of drug-likeness (QED) is 0.802. The zero-order valence-electron chi connectivity index (χ0n) is 12.3. The molecule has 112 valence electrons. The van der Waals surface area contributed by atoms with Gasteiger partial charge in [-0.1, -0.05) is 30.3 Å². The Morgan fingerprint density at radius 3 is 2.73 bits per heavy atom. The smallest absolute Gasteiger partial charge is 0.263 e. The van der Waals surface area contributed by atoms with Gasteiger partial charge >= 0.3 is 0 Å². The number of rotatable bonds is 4. The van der Waals surface area contributed by atoms with Gasteiger partial charge in [-0.15, -0.1) is 11.3 Å². The van der Waals surface area contributed by atoms with Gasteiger partial charge in [0.15, 0.2) is 0 Å². The first-order chi connectivity index (χ1) is 10.6. The Hall–Kier alpha value is -2.47. The molecule has 0 aliphatic heterocycles. The number of carbonyl (C=O) groups is 1. The van der Waals surface area contributed by atoms with Crippen LogP contribution in [0.4, 0.5) is 0 Å². The Morgan fingerprint density at radius 1 is 1.27 bits per heavy atom. The molecule has 0 saturated carbocycles. The summed E-state index contributed by atoms with van der Waals surface area (Å²) in [6.45, 7) is 3.99. The highest BCUT2D eigenvalue weighted by atomic mass is 32.1. The molecule has 1 amide bonds. The van der Waals surface area contributed by atoms with Crippen molar-refractivity contribution < 1.29 is 9.21 Å². The Kier molecular flexibility index (Phi) is 4.02. The maximum atomic E-state index is 12.1. The van der Waals surface area contributed by atoms with Gasteiger partial charge in [0.05, 0.1) is 18.4 Å². The minimum absolute atomic E-state index is 0.173. The average Bonchev–Trinajstić information content (AvgIpc) is 3.14. The van der Waals surface area contributed by atoms with Gasteiger partial charge in [-0.3, -0.25) is 4.79 Å². The average molecular weight is 313 g/mol. The molecule has 0 radical (unpaired) electrons. The molecule has 0 bridgehead atoms. The number of nitrogens with one attached hydrogen (secondary N) is 1.